The third-order valence-corrected chi connectivity index (χ3v) is 13.0. The summed E-state index contributed by atoms with van der Waals surface area (Å²) in [5, 5.41) is 10.4. The molecule has 7 rings (SSSR count). The number of rotatable bonds is 11. The second-order valence-corrected chi connectivity index (χ2v) is 15.5. The van der Waals surface area contributed by atoms with Crippen molar-refractivity contribution in [3.63, 3.8) is 0 Å². The lowest BCUT2D eigenvalue weighted by Gasteiger charge is -2.48. The van der Waals surface area contributed by atoms with E-state index in [0.717, 1.165) is 67.4 Å². The van der Waals surface area contributed by atoms with Crippen molar-refractivity contribution in [2.75, 3.05) is 87.4 Å². The van der Waals surface area contributed by atoms with Gasteiger partial charge in [0.05, 0.1) is 23.0 Å². The molecule has 0 aromatic carbocycles. The van der Waals surface area contributed by atoms with Gasteiger partial charge in [-0.2, -0.15) is 19.6 Å². The van der Waals surface area contributed by atoms with Gasteiger partial charge in [0.15, 0.2) is 11.6 Å². The van der Waals surface area contributed by atoms with E-state index in [4.69, 9.17) is 30.9 Å². The highest BCUT2D eigenvalue weighted by molar-refractivity contribution is 8.00. The average molecular weight is 695 g/mol. The Morgan fingerprint density at radius 2 is 2.08 bits per heavy atom. The van der Waals surface area contributed by atoms with E-state index in [-0.39, 0.29) is 34.5 Å². The van der Waals surface area contributed by atoms with Crippen molar-refractivity contribution in [2.24, 2.45) is 0 Å². The first kappa shape index (κ1) is 33.1. The summed E-state index contributed by atoms with van der Waals surface area (Å²) in [7, 11) is 1.75. The van der Waals surface area contributed by atoms with Gasteiger partial charge in [-0.05, 0) is 32.8 Å². The molecule has 4 aliphatic heterocycles. The molecule has 0 saturated carbocycles. The number of piperazine rings is 1. The number of nitrogens with two attached hydrogens (primary N) is 2. The molecule has 256 valence electrons. The van der Waals surface area contributed by atoms with E-state index in [1.807, 2.05) is 35.8 Å². The van der Waals surface area contributed by atoms with Gasteiger partial charge in [0, 0.05) is 93.0 Å². The molecule has 0 amide bonds. The number of nitriles is 1. The van der Waals surface area contributed by atoms with Crippen LogP contribution in [0.25, 0.3) is 0 Å². The Morgan fingerprint density at radius 1 is 1.25 bits per heavy atom. The number of nitrogens with zero attached hydrogens (tertiary/aromatic N) is 8. The fourth-order valence-electron chi connectivity index (χ4n) is 7.86. The van der Waals surface area contributed by atoms with Gasteiger partial charge in [0.2, 0.25) is 5.82 Å². The number of ether oxygens (including phenoxy) is 2. The number of hydrogen-bond acceptors (Lipinski definition) is 14. The lowest BCUT2D eigenvalue weighted by Crippen LogP contribution is -2.57. The summed E-state index contributed by atoms with van der Waals surface area (Å²) in [5.41, 5.74) is 14.8. The van der Waals surface area contributed by atoms with Crippen LogP contribution in [0, 0.1) is 17.1 Å². The lowest BCUT2D eigenvalue weighted by molar-refractivity contribution is 0.0467. The fourth-order valence-corrected chi connectivity index (χ4v) is 10.7. The van der Waals surface area contributed by atoms with E-state index >= 15 is 4.39 Å². The number of fused-ring (bicyclic) bond motifs is 3. The molecular formula is C33H43FN10O2S2. The van der Waals surface area contributed by atoms with Crippen molar-refractivity contribution in [1.82, 2.24) is 24.8 Å². The number of anilines is 4. The zero-order chi connectivity index (χ0) is 33.6. The Labute approximate surface area is 289 Å². The summed E-state index contributed by atoms with van der Waals surface area (Å²) < 4.78 is 28.1. The number of aromatic nitrogens is 3. The maximum absolute atomic E-state index is 16.7. The Morgan fingerprint density at radius 3 is 2.83 bits per heavy atom. The molecule has 3 atom stereocenters. The maximum Gasteiger partial charge on any atom is 0.320 e. The lowest BCUT2D eigenvalue weighted by atomic mass is 9.88. The molecule has 48 heavy (non-hydrogen) atoms. The highest BCUT2D eigenvalue weighted by atomic mass is 32.2. The van der Waals surface area contributed by atoms with Crippen LogP contribution in [-0.4, -0.2) is 103 Å². The molecule has 3 aromatic rings. The van der Waals surface area contributed by atoms with Gasteiger partial charge in [-0.3, -0.25) is 9.80 Å². The van der Waals surface area contributed by atoms with Crippen LogP contribution in [-0.2, 0) is 15.2 Å². The molecule has 7 heterocycles. The second kappa shape index (κ2) is 13.5. The highest BCUT2D eigenvalue weighted by Gasteiger charge is 2.53. The quantitative estimate of drug-likeness (QED) is 0.300. The highest BCUT2D eigenvalue weighted by Crippen LogP contribution is 2.58. The predicted molar refractivity (Wildman–Crippen MR) is 188 cm³/mol. The van der Waals surface area contributed by atoms with Crippen LogP contribution in [0.2, 0.25) is 0 Å². The second-order valence-electron chi connectivity index (χ2n) is 13.0. The Balaban J connectivity index is 1.16. The van der Waals surface area contributed by atoms with Crippen LogP contribution in [0.5, 0.6) is 6.01 Å². The van der Waals surface area contributed by atoms with Crippen LogP contribution in [0.4, 0.5) is 26.8 Å². The van der Waals surface area contributed by atoms with E-state index < -0.39 is 5.82 Å². The van der Waals surface area contributed by atoms with Crippen molar-refractivity contribution in [3.05, 3.63) is 45.7 Å². The molecule has 3 saturated heterocycles. The molecule has 4 N–H and O–H groups in total. The Hall–Kier alpha value is -3.42. The number of thioether (sulfide) groups is 1. The van der Waals surface area contributed by atoms with E-state index in [1.165, 1.54) is 11.3 Å². The third-order valence-electron chi connectivity index (χ3n) is 10.4. The number of halogens is 1. The zero-order valence-electron chi connectivity index (χ0n) is 27.7. The summed E-state index contributed by atoms with van der Waals surface area (Å²) >= 11 is 3.28. The van der Waals surface area contributed by atoms with Crippen LogP contribution < -0.4 is 26.0 Å². The van der Waals surface area contributed by atoms with E-state index in [1.54, 1.807) is 25.1 Å². The van der Waals surface area contributed by atoms with Gasteiger partial charge < -0.3 is 30.7 Å². The Bertz CT molecular complexity index is 1700. The van der Waals surface area contributed by atoms with Crippen LogP contribution >= 0.6 is 23.1 Å². The van der Waals surface area contributed by atoms with Crippen LogP contribution in [0.1, 0.15) is 54.3 Å². The maximum atomic E-state index is 16.7. The first-order valence-electron chi connectivity index (χ1n) is 16.6. The van der Waals surface area contributed by atoms with Crippen molar-refractivity contribution in [1.29, 1.82) is 5.26 Å². The molecule has 15 heteroatoms. The van der Waals surface area contributed by atoms with Crippen molar-refractivity contribution in [2.45, 2.75) is 55.3 Å². The molecule has 1 unspecified atom stereocenters. The van der Waals surface area contributed by atoms with Gasteiger partial charge in [-0.25, -0.2) is 4.98 Å². The molecular weight excluding hydrogens is 652 g/mol. The molecule has 0 radical (unpaired) electrons. The van der Waals surface area contributed by atoms with Crippen molar-refractivity contribution >= 4 is 45.6 Å². The summed E-state index contributed by atoms with van der Waals surface area (Å²) in [6, 6.07) is 6.64. The number of methoxy groups -OCH3 is 1. The third kappa shape index (κ3) is 5.81. The van der Waals surface area contributed by atoms with Gasteiger partial charge in [0.1, 0.15) is 23.5 Å². The average Bonchev–Trinajstić information content (AvgIpc) is 3.75. The predicted octanol–water partition coefficient (Wildman–Crippen LogP) is 3.83. The molecule has 12 nitrogen and oxygen atoms in total. The first-order valence-corrected chi connectivity index (χ1v) is 18.4. The monoisotopic (exact) mass is 694 g/mol. The number of nitrogen functional groups attached to an aromatic ring is 2. The summed E-state index contributed by atoms with van der Waals surface area (Å²) in [4.78, 5) is 23.7. The fraction of sp³-hybridized carbons (Fsp3) is 0.576. The SMILES string of the molecule is CCN(c1nc(OC[C@H]2CCC3CN(CCOC)CCN32)nc(N2CC3(C2)SCc2sc(N)c(C#N)c23)c1F)[C@H](C)c1cccnc1N. The smallest absolute Gasteiger partial charge is 0.320 e. The number of hydrogen-bond donors (Lipinski definition) is 2. The number of thiophene rings is 1. The molecule has 1 spiro atoms. The first-order chi connectivity index (χ1) is 23.3. The largest absolute Gasteiger partial charge is 0.462 e. The normalized spacial score (nSPS) is 22.3. The van der Waals surface area contributed by atoms with Gasteiger partial charge in [-0.15, -0.1) is 23.1 Å². The van der Waals surface area contributed by atoms with E-state index in [9.17, 15) is 5.26 Å². The summed E-state index contributed by atoms with van der Waals surface area (Å²) in [5.74, 6) is 1.06. The topological polar surface area (TPSA) is 146 Å². The van der Waals surface area contributed by atoms with Crippen LogP contribution in [0.15, 0.2) is 18.3 Å². The van der Waals surface area contributed by atoms with Crippen LogP contribution in [0.3, 0.4) is 0 Å². The van der Waals surface area contributed by atoms with Gasteiger partial charge in [0.25, 0.3) is 0 Å². The Kier molecular flexibility index (Phi) is 9.29. The molecule has 0 bridgehead atoms. The number of pyridine rings is 1. The van der Waals surface area contributed by atoms with E-state index in [0.29, 0.717) is 48.7 Å². The minimum Gasteiger partial charge on any atom is -0.462 e. The summed E-state index contributed by atoms with van der Waals surface area (Å²) in [6.07, 6.45) is 3.79. The molecule has 3 fully saturated rings. The molecule has 0 aliphatic carbocycles. The zero-order valence-corrected chi connectivity index (χ0v) is 29.3. The minimum atomic E-state index is -0.505. The molecule has 3 aromatic heterocycles. The van der Waals surface area contributed by atoms with Gasteiger partial charge >= 0.3 is 6.01 Å². The summed E-state index contributed by atoms with van der Waals surface area (Å²) in [6.45, 7) is 10.6. The van der Waals surface area contributed by atoms with Crippen molar-refractivity contribution in [3.8, 4) is 12.1 Å². The standard InChI is InChI=1S/C33H43FN10O2S2/c1-4-43(20(2)23-6-5-9-38-28(23)36)31-27(34)30(42-18-33(19-42)26-24(14-35)29(37)48-25(26)17-47-33)39-32(40-31)46-16-22-8-7-21-15-41(12-13-45-3)10-11-44(21)22/h5-6,9,20-22H,4,7-8,10-13,15-19,37H2,1-3H3,(H2,36,38)/t20-,21?,22-/m1/s1. The minimum absolute atomic E-state index is 0.159. The van der Waals surface area contributed by atoms with E-state index in [2.05, 4.69) is 20.9 Å². The molecule has 4 aliphatic rings. The van der Waals surface area contributed by atoms with Gasteiger partial charge in [-0.1, -0.05) is 6.07 Å². The van der Waals surface area contributed by atoms with Crippen molar-refractivity contribution < 1.29 is 13.9 Å².